The first-order valence-corrected chi connectivity index (χ1v) is 8.93. The van der Waals surface area contributed by atoms with Gasteiger partial charge in [0.2, 0.25) is 11.0 Å². The van der Waals surface area contributed by atoms with Gasteiger partial charge in [0, 0.05) is 12.2 Å². The smallest absolute Gasteiger partial charge is 0.237 e. The number of anilines is 2. The number of aryl methyl sites for hydroxylation is 2. The number of thioether (sulfide) groups is 1. The van der Waals surface area contributed by atoms with Gasteiger partial charge in [0.15, 0.2) is 4.34 Å². The van der Waals surface area contributed by atoms with Crippen LogP contribution in [0, 0.1) is 13.8 Å². The van der Waals surface area contributed by atoms with E-state index in [2.05, 4.69) is 27.4 Å². The van der Waals surface area contributed by atoms with Crippen LogP contribution in [0.2, 0.25) is 0 Å². The molecule has 1 amide bonds. The van der Waals surface area contributed by atoms with E-state index < -0.39 is 0 Å². The van der Waals surface area contributed by atoms with Crippen molar-refractivity contribution in [3.63, 3.8) is 0 Å². The Hall–Kier alpha value is -1.86. The topological polar surface area (TPSA) is 66.9 Å². The standard InChI is InChI=1S/C16H20N4OS2/c1-5-9-17-15-19-20-16(23-15)22-12(4)14(21)18-13-10(2)7-6-8-11(13)3/h5-8,12H,1,9H2,2-4H3,(H,17,19)(H,18,21). The minimum Gasteiger partial charge on any atom is -0.357 e. The molecule has 0 radical (unpaired) electrons. The molecule has 0 saturated heterocycles. The number of nitrogens with one attached hydrogen (secondary N) is 2. The van der Waals surface area contributed by atoms with E-state index in [1.807, 2.05) is 39.0 Å². The van der Waals surface area contributed by atoms with Crippen molar-refractivity contribution < 1.29 is 4.79 Å². The van der Waals surface area contributed by atoms with Gasteiger partial charge in [-0.05, 0) is 31.9 Å². The molecule has 1 atom stereocenters. The summed E-state index contributed by atoms with van der Waals surface area (Å²) in [6, 6.07) is 5.96. The van der Waals surface area contributed by atoms with Crippen LogP contribution in [0.15, 0.2) is 35.2 Å². The summed E-state index contributed by atoms with van der Waals surface area (Å²) in [4.78, 5) is 12.4. The van der Waals surface area contributed by atoms with Crippen molar-refractivity contribution in [3.05, 3.63) is 42.0 Å². The van der Waals surface area contributed by atoms with E-state index in [0.717, 1.165) is 26.3 Å². The molecule has 2 aromatic rings. The molecule has 0 saturated carbocycles. The lowest BCUT2D eigenvalue weighted by Crippen LogP contribution is -2.23. The first-order valence-electron chi connectivity index (χ1n) is 7.23. The van der Waals surface area contributed by atoms with Crippen LogP contribution in [-0.4, -0.2) is 27.9 Å². The maximum Gasteiger partial charge on any atom is 0.237 e. The van der Waals surface area contributed by atoms with Gasteiger partial charge in [-0.1, -0.05) is 47.4 Å². The number of nitrogens with zero attached hydrogens (tertiary/aromatic N) is 2. The highest BCUT2D eigenvalue weighted by molar-refractivity contribution is 8.02. The molecule has 0 spiro atoms. The van der Waals surface area contributed by atoms with Crippen LogP contribution in [0.5, 0.6) is 0 Å². The number of aromatic nitrogens is 2. The monoisotopic (exact) mass is 348 g/mol. The highest BCUT2D eigenvalue weighted by atomic mass is 32.2. The molecule has 122 valence electrons. The minimum absolute atomic E-state index is 0.0387. The molecule has 0 aliphatic carbocycles. The molecule has 2 rings (SSSR count). The van der Waals surface area contributed by atoms with Crippen LogP contribution >= 0.6 is 23.1 Å². The number of benzene rings is 1. The fraction of sp³-hybridized carbons (Fsp3) is 0.312. The maximum atomic E-state index is 12.4. The zero-order valence-corrected chi connectivity index (χ0v) is 15.1. The Morgan fingerprint density at radius 1 is 1.39 bits per heavy atom. The van der Waals surface area contributed by atoms with Crippen LogP contribution in [-0.2, 0) is 4.79 Å². The van der Waals surface area contributed by atoms with Gasteiger partial charge in [-0.3, -0.25) is 4.79 Å². The predicted octanol–water partition coefficient (Wildman–Crippen LogP) is 3.87. The highest BCUT2D eigenvalue weighted by Gasteiger charge is 2.18. The molecule has 1 unspecified atom stereocenters. The van der Waals surface area contributed by atoms with Crippen molar-refractivity contribution in [2.24, 2.45) is 0 Å². The van der Waals surface area contributed by atoms with Crippen LogP contribution in [0.25, 0.3) is 0 Å². The number of rotatable bonds is 7. The normalized spacial score (nSPS) is 11.8. The molecule has 1 aromatic heterocycles. The third-order valence-corrected chi connectivity index (χ3v) is 5.25. The number of carbonyl (C=O) groups is 1. The third kappa shape index (κ3) is 4.80. The zero-order chi connectivity index (χ0) is 16.8. The fourth-order valence-electron chi connectivity index (χ4n) is 1.93. The summed E-state index contributed by atoms with van der Waals surface area (Å²) in [6.07, 6.45) is 1.76. The lowest BCUT2D eigenvalue weighted by molar-refractivity contribution is -0.115. The van der Waals surface area contributed by atoms with Crippen molar-refractivity contribution in [3.8, 4) is 0 Å². The van der Waals surface area contributed by atoms with Crippen LogP contribution in [0.1, 0.15) is 18.1 Å². The van der Waals surface area contributed by atoms with Gasteiger partial charge in [-0.25, -0.2) is 0 Å². The Bertz CT molecular complexity index is 679. The summed E-state index contributed by atoms with van der Waals surface area (Å²) in [5.41, 5.74) is 3.00. The number of para-hydroxylation sites is 1. The summed E-state index contributed by atoms with van der Waals surface area (Å²) in [5, 5.41) is 14.7. The second-order valence-corrected chi connectivity index (χ2v) is 7.62. The lowest BCUT2D eigenvalue weighted by atomic mass is 10.1. The molecule has 1 aromatic carbocycles. The molecule has 2 N–H and O–H groups in total. The van der Waals surface area contributed by atoms with Gasteiger partial charge < -0.3 is 10.6 Å². The van der Waals surface area contributed by atoms with Gasteiger partial charge in [-0.2, -0.15) is 0 Å². The molecule has 5 nitrogen and oxygen atoms in total. The first kappa shape index (κ1) is 17.5. The van der Waals surface area contributed by atoms with Crippen molar-refractivity contribution in [1.82, 2.24) is 10.2 Å². The van der Waals surface area contributed by atoms with E-state index in [9.17, 15) is 4.79 Å². The Morgan fingerprint density at radius 2 is 2.09 bits per heavy atom. The first-order chi connectivity index (χ1) is 11.0. The summed E-state index contributed by atoms with van der Waals surface area (Å²) in [6.45, 7) is 10.1. The number of hydrogen-bond donors (Lipinski definition) is 2. The Balaban J connectivity index is 1.97. The maximum absolute atomic E-state index is 12.4. The Kier molecular flexibility index (Phi) is 6.18. The Morgan fingerprint density at radius 3 is 2.74 bits per heavy atom. The van der Waals surface area contributed by atoms with Gasteiger partial charge in [0.1, 0.15) is 0 Å². The van der Waals surface area contributed by atoms with Gasteiger partial charge >= 0.3 is 0 Å². The van der Waals surface area contributed by atoms with E-state index in [1.165, 1.54) is 23.1 Å². The van der Waals surface area contributed by atoms with Crippen molar-refractivity contribution >= 4 is 39.8 Å². The zero-order valence-electron chi connectivity index (χ0n) is 13.4. The summed E-state index contributed by atoms with van der Waals surface area (Å²) >= 11 is 2.84. The average Bonchev–Trinajstić information content (AvgIpc) is 2.96. The van der Waals surface area contributed by atoms with Gasteiger partial charge in [0.25, 0.3) is 0 Å². The van der Waals surface area contributed by atoms with Crippen molar-refractivity contribution in [2.45, 2.75) is 30.4 Å². The van der Waals surface area contributed by atoms with E-state index in [0.29, 0.717) is 6.54 Å². The summed E-state index contributed by atoms with van der Waals surface area (Å²) in [5.74, 6) is -0.0387. The fourth-order valence-corrected chi connectivity index (χ4v) is 3.83. The lowest BCUT2D eigenvalue weighted by Gasteiger charge is -2.14. The largest absolute Gasteiger partial charge is 0.357 e. The molecular weight excluding hydrogens is 328 g/mol. The van der Waals surface area contributed by atoms with Gasteiger partial charge in [-0.15, -0.1) is 16.8 Å². The number of hydrogen-bond acceptors (Lipinski definition) is 6. The molecule has 0 aliphatic rings. The van der Waals surface area contributed by atoms with E-state index in [-0.39, 0.29) is 11.2 Å². The second kappa shape index (κ2) is 8.12. The van der Waals surface area contributed by atoms with E-state index in [4.69, 9.17) is 0 Å². The molecule has 1 heterocycles. The molecule has 0 aliphatic heterocycles. The van der Waals surface area contributed by atoms with Crippen molar-refractivity contribution in [1.29, 1.82) is 0 Å². The minimum atomic E-state index is -0.255. The molecular formula is C16H20N4OS2. The summed E-state index contributed by atoms with van der Waals surface area (Å²) < 4.78 is 0.765. The highest BCUT2D eigenvalue weighted by Crippen LogP contribution is 2.30. The quantitative estimate of drug-likeness (QED) is 0.587. The molecule has 0 bridgehead atoms. The van der Waals surface area contributed by atoms with Crippen molar-refractivity contribution in [2.75, 3.05) is 17.2 Å². The SMILES string of the molecule is C=CCNc1nnc(SC(C)C(=O)Nc2c(C)cccc2C)s1. The van der Waals surface area contributed by atoms with E-state index in [1.54, 1.807) is 6.08 Å². The molecule has 23 heavy (non-hydrogen) atoms. The summed E-state index contributed by atoms with van der Waals surface area (Å²) in [7, 11) is 0. The third-order valence-electron chi connectivity index (χ3n) is 3.18. The van der Waals surface area contributed by atoms with Crippen LogP contribution < -0.4 is 10.6 Å². The second-order valence-electron chi connectivity index (χ2n) is 5.06. The molecule has 0 fully saturated rings. The van der Waals surface area contributed by atoms with Crippen LogP contribution in [0.4, 0.5) is 10.8 Å². The predicted molar refractivity (Wildman–Crippen MR) is 98.5 cm³/mol. The Labute approximate surface area is 144 Å². The van der Waals surface area contributed by atoms with Crippen LogP contribution in [0.3, 0.4) is 0 Å². The molecule has 7 heteroatoms. The average molecular weight is 348 g/mol. The van der Waals surface area contributed by atoms with Gasteiger partial charge in [0.05, 0.1) is 5.25 Å². The number of carbonyl (C=O) groups excluding carboxylic acids is 1. The number of amides is 1. The van der Waals surface area contributed by atoms with E-state index >= 15 is 0 Å².